The zero-order valence-corrected chi connectivity index (χ0v) is 16.7. The third-order valence-electron chi connectivity index (χ3n) is 3.92. The van der Waals surface area contributed by atoms with Crippen LogP contribution in [0, 0.1) is 0 Å². The van der Waals surface area contributed by atoms with E-state index in [0.717, 1.165) is 10.9 Å². The number of para-hydroxylation sites is 1. The Hall–Kier alpha value is -2.34. The monoisotopic (exact) mass is 418 g/mol. The Morgan fingerprint density at radius 3 is 2.38 bits per heavy atom. The number of hydrogen-bond donors (Lipinski definition) is 2. The Morgan fingerprint density at radius 2 is 1.73 bits per heavy atom. The van der Waals surface area contributed by atoms with Crippen molar-refractivity contribution in [1.29, 1.82) is 0 Å². The number of rotatable bonds is 7. The van der Waals surface area contributed by atoms with Crippen LogP contribution in [0.4, 0.5) is 5.69 Å². The van der Waals surface area contributed by atoms with Gasteiger partial charge in [-0.25, -0.2) is 0 Å². The summed E-state index contributed by atoms with van der Waals surface area (Å²) in [6, 6.07) is 14.2. The Morgan fingerprint density at radius 1 is 1.08 bits per heavy atom. The quantitative estimate of drug-likeness (QED) is 0.700. The maximum atomic E-state index is 12.5. The third kappa shape index (κ3) is 5.59. The lowest BCUT2D eigenvalue weighted by atomic mass is 10.1. The maximum absolute atomic E-state index is 12.5. The normalized spacial score (nSPS) is 12.8. The summed E-state index contributed by atoms with van der Waals surface area (Å²) in [5.74, 6) is 0.0621. The lowest BCUT2D eigenvalue weighted by molar-refractivity contribution is -0.122. The Labute approximate surface area is 162 Å². The van der Waals surface area contributed by atoms with Crippen LogP contribution in [0.5, 0.6) is 5.75 Å². The van der Waals surface area contributed by atoms with E-state index >= 15 is 0 Å². The highest BCUT2D eigenvalue weighted by Crippen LogP contribution is 2.19. The van der Waals surface area contributed by atoms with Gasteiger partial charge in [0.2, 0.25) is 0 Å². The third-order valence-corrected chi connectivity index (χ3v) is 4.44. The Bertz CT molecular complexity index is 762. The van der Waals surface area contributed by atoms with Crippen molar-refractivity contribution in [2.24, 2.45) is 0 Å². The second-order valence-corrected chi connectivity index (χ2v) is 6.95. The molecule has 0 saturated carbocycles. The average Bonchev–Trinajstić information content (AvgIpc) is 2.63. The molecule has 26 heavy (non-hydrogen) atoms. The van der Waals surface area contributed by atoms with Crippen LogP contribution in [0.2, 0.25) is 0 Å². The second kappa shape index (κ2) is 9.38. The number of ether oxygens (including phenoxy) is 1. The van der Waals surface area contributed by atoms with Gasteiger partial charge in [0.25, 0.3) is 11.8 Å². The molecule has 0 bridgehead atoms. The molecule has 0 radical (unpaired) electrons. The molecule has 5 nitrogen and oxygen atoms in total. The molecular weight excluding hydrogens is 396 g/mol. The van der Waals surface area contributed by atoms with Gasteiger partial charge in [-0.2, -0.15) is 0 Å². The van der Waals surface area contributed by atoms with Gasteiger partial charge in [0.15, 0.2) is 6.10 Å². The predicted octanol–water partition coefficient (Wildman–Crippen LogP) is 4.38. The first-order valence-corrected chi connectivity index (χ1v) is 9.33. The van der Waals surface area contributed by atoms with Gasteiger partial charge >= 0.3 is 0 Å². The second-order valence-electron chi connectivity index (χ2n) is 6.03. The zero-order valence-electron chi connectivity index (χ0n) is 15.1. The minimum atomic E-state index is -0.707. The molecular formula is C20H23BrN2O3. The van der Waals surface area contributed by atoms with E-state index < -0.39 is 6.10 Å². The molecule has 2 aromatic carbocycles. The van der Waals surface area contributed by atoms with Crippen molar-refractivity contribution < 1.29 is 14.3 Å². The van der Waals surface area contributed by atoms with E-state index in [1.165, 1.54) is 0 Å². The van der Waals surface area contributed by atoms with E-state index in [1.54, 1.807) is 43.3 Å². The fourth-order valence-electron chi connectivity index (χ4n) is 2.20. The summed E-state index contributed by atoms with van der Waals surface area (Å²) in [4.78, 5) is 24.9. The van der Waals surface area contributed by atoms with E-state index in [2.05, 4.69) is 26.6 Å². The first-order chi connectivity index (χ1) is 12.4. The number of carbonyl (C=O) groups excluding carboxylic acids is 2. The molecule has 2 N–H and O–H groups in total. The summed E-state index contributed by atoms with van der Waals surface area (Å²) >= 11 is 3.36. The SMILES string of the molecule is CC[C@@H](C)NC(=O)c1ccccc1NC(=O)[C@H](C)Oc1ccc(Br)cc1. The van der Waals surface area contributed by atoms with Crippen LogP contribution in [0.3, 0.4) is 0 Å². The minimum Gasteiger partial charge on any atom is -0.481 e. The first kappa shape index (κ1) is 20.0. The van der Waals surface area contributed by atoms with Crippen LogP contribution in [0.15, 0.2) is 53.0 Å². The number of carbonyl (C=O) groups is 2. The molecule has 2 amide bonds. The van der Waals surface area contributed by atoms with Crippen molar-refractivity contribution >= 4 is 33.4 Å². The average molecular weight is 419 g/mol. The van der Waals surface area contributed by atoms with E-state index in [1.807, 2.05) is 26.0 Å². The van der Waals surface area contributed by atoms with Gasteiger partial charge in [0, 0.05) is 10.5 Å². The molecule has 0 saturated heterocycles. The van der Waals surface area contributed by atoms with Gasteiger partial charge in [-0.05, 0) is 56.7 Å². The summed E-state index contributed by atoms with van der Waals surface area (Å²) in [7, 11) is 0. The van der Waals surface area contributed by atoms with Crippen LogP contribution >= 0.6 is 15.9 Å². The van der Waals surface area contributed by atoms with Crippen molar-refractivity contribution in [1.82, 2.24) is 5.32 Å². The highest BCUT2D eigenvalue weighted by molar-refractivity contribution is 9.10. The fourth-order valence-corrected chi connectivity index (χ4v) is 2.46. The highest BCUT2D eigenvalue weighted by Gasteiger charge is 2.19. The number of amides is 2. The smallest absolute Gasteiger partial charge is 0.265 e. The van der Waals surface area contributed by atoms with Crippen molar-refractivity contribution in [3.8, 4) is 5.75 Å². The molecule has 138 valence electrons. The van der Waals surface area contributed by atoms with Crippen LogP contribution in [-0.4, -0.2) is 24.0 Å². The lowest BCUT2D eigenvalue weighted by Gasteiger charge is -2.17. The molecule has 0 aliphatic rings. The zero-order chi connectivity index (χ0) is 19.1. The van der Waals surface area contributed by atoms with Gasteiger partial charge in [0.1, 0.15) is 5.75 Å². The summed E-state index contributed by atoms with van der Waals surface area (Å²) in [5, 5.41) is 5.69. The summed E-state index contributed by atoms with van der Waals surface area (Å²) < 4.78 is 6.59. The topological polar surface area (TPSA) is 67.4 Å². The molecule has 0 fully saturated rings. The largest absolute Gasteiger partial charge is 0.481 e. The molecule has 0 aromatic heterocycles. The van der Waals surface area contributed by atoms with Gasteiger partial charge in [0.05, 0.1) is 11.3 Å². The molecule has 0 aliphatic heterocycles. The molecule has 0 aliphatic carbocycles. The predicted molar refractivity (Wildman–Crippen MR) is 107 cm³/mol. The van der Waals surface area contributed by atoms with E-state index in [9.17, 15) is 9.59 Å². The number of anilines is 1. The van der Waals surface area contributed by atoms with Crippen molar-refractivity contribution in [2.45, 2.75) is 39.3 Å². The van der Waals surface area contributed by atoms with Crippen molar-refractivity contribution in [2.75, 3.05) is 5.32 Å². The molecule has 2 atom stereocenters. The molecule has 6 heteroatoms. The van der Waals surface area contributed by atoms with Gasteiger partial charge in [-0.15, -0.1) is 0 Å². The fraction of sp³-hybridized carbons (Fsp3) is 0.300. The number of hydrogen-bond acceptors (Lipinski definition) is 3. The summed E-state index contributed by atoms with van der Waals surface area (Å²) in [6.45, 7) is 5.60. The summed E-state index contributed by atoms with van der Waals surface area (Å²) in [5.41, 5.74) is 0.890. The lowest BCUT2D eigenvalue weighted by Crippen LogP contribution is -2.34. The number of nitrogens with one attached hydrogen (secondary N) is 2. The van der Waals surface area contributed by atoms with Crippen LogP contribution in [-0.2, 0) is 4.79 Å². The minimum absolute atomic E-state index is 0.0610. The van der Waals surface area contributed by atoms with E-state index in [-0.39, 0.29) is 17.9 Å². The van der Waals surface area contributed by atoms with Crippen molar-refractivity contribution in [3.63, 3.8) is 0 Å². The Kier molecular flexibility index (Phi) is 7.21. The maximum Gasteiger partial charge on any atom is 0.265 e. The molecule has 0 spiro atoms. The standard InChI is InChI=1S/C20H23BrN2O3/c1-4-13(2)22-20(25)17-7-5-6-8-18(17)23-19(24)14(3)26-16-11-9-15(21)10-12-16/h5-14H,4H2,1-3H3,(H,22,25)(H,23,24)/t13-,14+/m1/s1. The van der Waals surface area contributed by atoms with Crippen LogP contribution in [0.25, 0.3) is 0 Å². The van der Waals surface area contributed by atoms with Crippen LogP contribution in [0.1, 0.15) is 37.6 Å². The molecule has 2 aromatic rings. The van der Waals surface area contributed by atoms with Gasteiger partial charge < -0.3 is 15.4 Å². The van der Waals surface area contributed by atoms with Crippen LogP contribution < -0.4 is 15.4 Å². The number of halogens is 1. The van der Waals surface area contributed by atoms with Gasteiger partial charge in [-0.3, -0.25) is 9.59 Å². The molecule has 2 rings (SSSR count). The highest BCUT2D eigenvalue weighted by atomic mass is 79.9. The molecule has 0 unspecified atom stereocenters. The number of benzene rings is 2. The first-order valence-electron chi connectivity index (χ1n) is 8.53. The Balaban J connectivity index is 2.06. The van der Waals surface area contributed by atoms with E-state index in [4.69, 9.17) is 4.74 Å². The van der Waals surface area contributed by atoms with Crippen molar-refractivity contribution in [3.05, 3.63) is 58.6 Å². The van der Waals surface area contributed by atoms with E-state index in [0.29, 0.717) is 17.0 Å². The van der Waals surface area contributed by atoms with Gasteiger partial charge in [-0.1, -0.05) is 35.0 Å². The summed E-state index contributed by atoms with van der Waals surface area (Å²) in [6.07, 6.45) is 0.125. The molecule has 0 heterocycles.